The van der Waals surface area contributed by atoms with Crippen LogP contribution in [0.1, 0.15) is 34.2 Å². The highest BCUT2D eigenvalue weighted by molar-refractivity contribution is 6.42. The van der Waals surface area contributed by atoms with Gasteiger partial charge < -0.3 is 10.1 Å². The fraction of sp³-hybridized carbons (Fsp3) is 0.217. The highest BCUT2D eigenvalue weighted by Gasteiger charge is 2.31. The number of hydrogen-bond acceptors (Lipinski definition) is 5. The van der Waals surface area contributed by atoms with Gasteiger partial charge in [-0.15, -0.1) is 5.10 Å². The van der Waals surface area contributed by atoms with Crippen LogP contribution in [0.3, 0.4) is 0 Å². The van der Waals surface area contributed by atoms with Gasteiger partial charge in [0.05, 0.1) is 35.1 Å². The fourth-order valence-electron chi connectivity index (χ4n) is 4.15. The number of amides is 1. The highest BCUT2D eigenvalue weighted by Crippen LogP contribution is 2.36. The Bertz CT molecular complexity index is 1360. The number of benzene rings is 2. The molecule has 1 unspecified atom stereocenters. The molecule has 1 N–H and O–H groups in total. The summed E-state index contributed by atoms with van der Waals surface area (Å²) >= 11 is 12.2. The summed E-state index contributed by atoms with van der Waals surface area (Å²) in [6.45, 7) is 0. The number of rotatable bonds is 5. The minimum atomic E-state index is -0.317. The molecule has 2 aromatic carbocycles. The van der Waals surface area contributed by atoms with Gasteiger partial charge in [-0.2, -0.15) is 5.10 Å². The lowest BCUT2D eigenvalue weighted by Gasteiger charge is -2.12. The Kier molecular flexibility index (Phi) is 5.55. The summed E-state index contributed by atoms with van der Waals surface area (Å²) in [5.74, 6) is 0.316. The smallest absolute Gasteiger partial charge is 0.278 e. The Labute approximate surface area is 200 Å². The molecule has 3 heterocycles. The third-order valence-corrected chi connectivity index (χ3v) is 6.50. The van der Waals surface area contributed by atoms with Crippen LogP contribution in [0, 0.1) is 0 Å². The molecule has 1 aliphatic heterocycles. The Morgan fingerprint density at radius 1 is 1.18 bits per heavy atom. The Morgan fingerprint density at radius 2 is 2.03 bits per heavy atom. The lowest BCUT2D eigenvalue weighted by Crippen LogP contribution is -2.14. The maximum atomic E-state index is 13.0. The predicted molar refractivity (Wildman–Crippen MR) is 126 cm³/mol. The molecule has 4 aromatic rings. The van der Waals surface area contributed by atoms with Crippen LogP contribution in [0.25, 0.3) is 11.1 Å². The first kappa shape index (κ1) is 21.5. The van der Waals surface area contributed by atoms with E-state index in [1.54, 1.807) is 34.8 Å². The quantitative estimate of drug-likeness (QED) is 0.442. The average molecular weight is 483 g/mol. The Hall–Kier alpha value is -3.36. The number of nitrogens with one attached hydrogen (secondary N) is 1. The summed E-state index contributed by atoms with van der Waals surface area (Å²) in [5, 5.41) is 16.5. The van der Waals surface area contributed by atoms with Crippen molar-refractivity contribution in [2.75, 3.05) is 12.4 Å². The molecule has 5 rings (SSSR count). The van der Waals surface area contributed by atoms with Gasteiger partial charge in [0.1, 0.15) is 5.75 Å². The predicted octanol–water partition coefficient (Wildman–Crippen LogP) is 4.78. The van der Waals surface area contributed by atoms with Gasteiger partial charge >= 0.3 is 0 Å². The number of aryl methyl sites for hydroxylation is 1. The van der Waals surface area contributed by atoms with Gasteiger partial charge in [0.25, 0.3) is 5.91 Å². The van der Waals surface area contributed by atoms with Crippen LogP contribution < -0.4 is 10.1 Å². The normalized spacial score (nSPS) is 14.8. The Morgan fingerprint density at radius 3 is 2.76 bits per heavy atom. The Balaban J connectivity index is 1.38. The molecule has 1 atom stereocenters. The fourth-order valence-corrected chi connectivity index (χ4v) is 4.46. The molecule has 2 aromatic heterocycles. The van der Waals surface area contributed by atoms with Gasteiger partial charge in [-0.3, -0.25) is 9.48 Å². The van der Waals surface area contributed by atoms with Gasteiger partial charge in [-0.1, -0.05) is 34.5 Å². The van der Waals surface area contributed by atoms with E-state index in [4.69, 9.17) is 27.9 Å². The molecule has 0 saturated carbocycles. The summed E-state index contributed by atoms with van der Waals surface area (Å²) in [4.78, 5) is 13.0. The van der Waals surface area contributed by atoms with Crippen molar-refractivity contribution in [1.29, 1.82) is 0 Å². The minimum Gasteiger partial charge on any atom is -0.496 e. The SMILES string of the molecule is COc1cc(NC(=O)c2nnn3c2CCC3c2ccc(Cl)c(Cl)c2)ccc1-c1cnn(C)c1. The van der Waals surface area contributed by atoms with Crippen LogP contribution in [0.4, 0.5) is 5.69 Å². The topological polar surface area (TPSA) is 86.9 Å². The van der Waals surface area contributed by atoms with E-state index in [0.29, 0.717) is 33.6 Å². The molecule has 0 aliphatic carbocycles. The maximum Gasteiger partial charge on any atom is 0.278 e. The summed E-state index contributed by atoms with van der Waals surface area (Å²) < 4.78 is 9.05. The second kappa shape index (κ2) is 8.53. The summed E-state index contributed by atoms with van der Waals surface area (Å²) in [7, 11) is 3.45. The molecular formula is C23H20Cl2N6O2. The van der Waals surface area contributed by atoms with E-state index in [-0.39, 0.29) is 11.9 Å². The molecule has 8 nitrogen and oxygen atoms in total. The van der Waals surface area contributed by atoms with Gasteiger partial charge in [-0.25, -0.2) is 4.68 Å². The van der Waals surface area contributed by atoms with Crippen molar-refractivity contribution in [2.24, 2.45) is 7.05 Å². The molecule has 10 heteroatoms. The first-order valence-electron chi connectivity index (χ1n) is 10.3. The van der Waals surface area contributed by atoms with Crippen LogP contribution in [-0.2, 0) is 13.5 Å². The monoisotopic (exact) mass is 482 g/mol. The van der Waals surface area contributed by atoms with Crippen LogP contribution in [0.2, 0.25) is 10.0 Å². The van der Waals surface area contributed by atoms with E-state index in [9.17, 15) is 4.79 Å². The largest absolute Gasteiger partial charge is 0.496 e. The van der Waals surface area contributed by atoms with Crippen molar-refractivity contribution < 1.29 is 9.53 Å². The van der Waals surface area contributed by atoms with Gasteiger partial charge in [0, 0.05) is 36.1 Å². The van der Waals surface area contributed by atoms with E-state index in [0.717, 1.165) is 28.8 Å². The van der Waals surface area contributed by atoms with E-state index in [1.165, 1.54) is 0 Å². The van der Waals surface area contributed by atoms with E-state index < -0.39 is 0 Å². The highest BCUT2D eigenvalue weighted by atomic mass is 35.5. The number of carbonyl (C=O) groups excluding carboxylic acids is 1. The standard InChI is InChI=1S/C23H20Cl2N6O2/c1-30-12-14(11-26-30)16-5-4-15(10-21(16)33-2)27-23(32)22-20-8-7-19(31(20)29-28-22)13-3-6-17(24)18(25)9-13/h3-6,9-12,19H,7-8H2,1-2H3,(H,27,32). The average Bonchev–Trinajstić information content (AvgIpc) is 3.52. The number of hydrogen-bond donors (Lipinski definition) is 1. The number of fused-ring (bicyclic) bond motifs is 1. The summed E-state index contributed by atoms with van der Waals surface area (Å²) in [5.41, 5.74) is 4.51. The van der Waals surface area contributed by atoms with E-state index >= 15 is 0 Å². The molecular weight excluding hydrogens is 463 g/mol. The van der Waals surface area contributed by atoms with Crippen LogP contribution in [0.15, 0.2) is 48.8 Å². The zero-order chi connectivity index (χ0) is 23.1. The third kappa shape index (κ3) is 3.96. The lowest BCUT2D eigenvalue weighted by molar-refractivity contribution is 0.102. The van der Waals surface area contributed by atoms with Crippen molar-refractivity contribution in [3.05, 3.63) is 75.8 Å². The molecule has 0 radical (unpaired) electrons. The third-order valence-electron chi connectivity index (χ3n) is 5.76. The molecule has 168 valence electrons. The van der Waals surface area contributed by atoms with Crippen LogP contribution >= 0.6 is 23.2 Å². The number of methoxy groups -OCH3 is 1. The van der Waals surface area contributed by atoms with Crippen molar-refractivity contribution in [3.8, 4) is 16.9 Å². The van der Waals surface area contributed by atoms with Gasteiger partial charge in [-0.05, 0) is 42.7 Å². The second-order valence-corrected chi connectivity index (χ2v) is 8.64. The zero-order valence-electron chi connectivity index (χ0n) is 17.9. The van der Waals surface area contributed by atoms with Gasteiger partial charge in [0.2, 0.25) is 0 Å². The number of aromatic nitrogens is 5. The second-order valence-electron chi connectivity index (χ2n) is 7.83. The maximum absolute atomic E-state index is 13.0. The first-order valence-corrected chi connectivity index (χ1v) is 11.1. The molecule has 1 amide bonds. The molecule has 0 fully saturated rings. The van der Waals surface area contributed by atoms with Crippen molar-refractivity contribution >= 4 is 34.8 Å². The van der Waals surface area contributed by atoms with Crippen molar-refractivity contribution in [1.82, 2.24) is 24.8 Å². The van der Waals surface area contributed by atoms with E-state index in [2.05, 4.69) is 20.7 Å². The molecule has 33 heavy (non-hydrogen) atoms. The first-order chi connectivity index (χ1) is 15.9. The number of nitrogens with zero attached hydrogens (tertiary/aromatic N) is 5. The van der Waals surface area contributed by atoms with Crippen LogP contribution in [0.5, 0.6) is 5.75 Å². The summed E-state index contributed by atoms with van der Waals surface area (Å²) in [6, 6.07) is 11.0. The van der Waals surface area contributed by atoms with Crippen molar-refractivity contribution in [2.45, 2.75) is 18.9 Å². The lowest BCUT2D eigenvalue weighted by atomic mass is 10.0. The molecule has 1 aliphatic rings. The molecule has 0 saturated heterocycles. The number of ether oxygens (including phenoxy) is 1. The minimum absolute atomic E-state index is 0.0392. The van der Waals surface area contributed by atoms with Crippen LogP contribution in [-0.4, -0.2) is 37.8 Å². The van der Waals surface area contributed by atoms with Gasteiger partial charge in [0.15, 0.2) is 5.69 Å². The zero-order valence-corrected chi connectivity index (χ0v) is 19.4. The molecule has 0 spiro atoms. The van der Waals surface area contributed by atoms with E-state index in [1.807, 2.05) is 37.5 Å². The molecule has 0 bridgehead atoms. The number of anilines is 1. The number of halogens is 2. The summed E-state index contributed by atoms with van der Waals surface area (Å²) in [6.07, 6.45) is 5.15. The van der Waals surface area contributed by atoms with Crippen molar-refractivity contribution in [3.63, 3.8) is 0 Å². The number of carbonyl (C=O) groups is 1.